The van der Waals surface area contributed by atoms with E-state index in [0.29, 0.717) is 34.4 Å². The highest BCUT2D eigenvalue weighted by atomic mass is 35.5. The summed E-state index contributed by atoms with van der Waals surface area (Å²) in [4.78, 5) is 31.1. The summed E-state index contributed by atoms with van der Waals surface area (Å²) in [7, 11) is 3.27. The SMILES string of the molecule is COc1cc(C(=O)N(C)CCCc2cccc(C3(C(=O)O[C@H]4CN5CCC4CC5)CCCCC3)c2)c(Cl)cc1CO. The largest absolute Gasteiger partial charge is 0.496 e. The fourth-order valence-electron chi connectivity index (χ4n) is 6.98. The van der Waals surface area contributed by atoms with Crippen LogP contribution >= 0.6 is 11.6 Å². The Morgan fingerprint density at radius 1 is 1.12 bits per heavy atom. The molecule has 0 unspecified atom stereocenters. The highest BCUT2D eigenvalue weighted by Gasteiger charge is 2.45. The van der Waals surface area contributed by atoms with Gasteiger partial charge in [-0.15, -0.1) is 0 Å². The van der Waals surface area contributed by atoms with Gasteiger partial charge in [-0.3, -0.25) is 14.5 Å². The number of aliphatic hydroxyl groups is 1. The van der Waals surface area contributed by atoms with Crippen molar-refractivity contribution in [2.45, 2.75) is 75.9 Å². The highest BCUT2D eigenvalue weighted by molar-refractivity contribution is 6.34. The zero-order valence-electron chi connectivity index (χ0n) is 24.4. The second kappa shape index (κ2) is 13.1. The first-order chi connectivity index (χ1) is 19.8. The summed E-state index contributed by atoms with van der Waals surface area (Å²) >= 11 is 6.36. The van der Waals surface area contributed by atoms with Crippen LogP contribution in [-0.4, -0.2) is 73.2 Å². The third-order valence-corrected chi connectivity index (χ3v) is 9.82. The number of hydrogen-bond donors (Lipinski definition) is 1. The number of ether oxygens (including phenoxy) is 2. The molecule has 3 saturated heterocycles. The van der Waals surface area contributed by atoms with Crippen molar-refractivity contribution in [3.63, 3.8) is 0 Å². The smallest absolute Gasteiger partial charge is 0.316 e. The number of fused-ring (bicyclic) bond motifs is 3. The maximum atomic E-state index is 13.9. The Labute approximate surface area is 248 Å². The molecule has 1 amide bonds. The summed E-state index contributed by atoms with van der Waals surface area (Å²) in [5.74, 6) is 0.717. The normalized spacial score (nSPS) is 23.2. The van der Waals surface area contributed by atoms with Gasteiger partial charge in [-0.25, -0.2) is 0 Å². The van der Waals surface area contributed by atoms with Gasteiger partial charge in [0.2, 0.25) is 0 Å². The molecule has 2 bridgehead atoms. The first-order valence-corrected chi connectivity index (χ1v) is 15.5. The number of aliphatic hydroxyl groups excluding tert-OH is 1. The number of amides is 1. The molecule has 222 valence electrons. The summed E-state index contributed by atoms with van der Waals surface area (Å²) < 4.78 is 11.6. The number of aryl methyl sites for hydroxylation is 1. The number of halogens is 1. The van der Waals surface area contributed by atoms with E-state index in [1.54, 1.807) is 24.1 Å². The molecule has 0 aromatic heterocycles. The first-order valence-electron chi connectivity index (χ1n) is 15.1. The van der Waals surface area contributed by atoms with Crippen molar-refractivity contribution in [2.75, 3.05) is 40.3 Å². The fourth-order valence-corrected chi connectivity index (χ4v) is 7.25. The van der Waals surface area contributed by atoms with E-state index in [0.717, 1.165) is 88.5 Å². The molecule has 1 atom stereocenters. The second-order valence-electron chi connectivity index (χ2n) is 12.1. The molecular weight excluding hydrogens is 540 g/mol. The van der Waals surface area contributed by atoms with E-state index in [2.05, 4.69) is 29.2 Å². The van der Waals surface area contributed by atoms with Crippen molar-refractivity contribution in [1.29, 1.82) is 0 Å². The van der Waals surface area contributed by atoms with Crippen molar-refractivity contribution in [2.24, 2.45) is 5.92 Å². The van der Waals surface area contributed by atoms with Crippen LogP contribution in [0.4, 0.5) is 0 Å². The van der Waals surface area contributed by atoms with E-state index in [4.69, 9.17) is 21.1 Å². The lowest BCUT2D eigenvalue weighted by Gasteiger charge is -2.45. The average molecular weight is 583 g/mol. The van der Waals surface area contributed by atoms with Gasteiger partial charge in [0.1, 0.15) is 11.9 Å². The minimum absolute atomic E-state index is 0.0216. The Bertz CT molecular complexity index is 1240. The van der Waals surface area contributed by atoms with Gasteiger partial charge in [-0.1, -0.05) is 55.1 Å². The molecule has 3 heterocycles. The van der Waals surface area contributed by atoms with Gasteiger partial charge in [0.25, 0.3) is 5.91 Å². The van der Waals surface area contributed by atoms with Crippen LogP contribution in [0.5, 0.6) is 5.75 Å². The summed E-state index contributed by atoms with van der Waals surface area (Å²) in [5.41, 5.74) is 2.57. The zero-order chi connectivity index (χ0) is 29.0. The molecule has 3 aliphatic heterocycles. The number of methoxy groups -OCH3 is 1. The standard InChI is InChI=1S/C33H43ClN2O5/c1-35(31(38)27-20-29(40-2)25(22-37)19-28(27)34)15-7-9-23-8-6-10-26(18-23)33(13-4-3-5-14-33)32(39)41-30-21-36-16-11-24(30)12-17-36/h6,8,10,18-20,24,30,37H,3-5,7,9,11-17,21-22H2,1-2H3/t30-/m0/s1. The lowest BCUT2D eigenvalue weighted by atomic mass is 9.69. The van der Waals surface area contributed by atoms with Crippen molar-refractivity contribution >= 4 is 23.5 Å². The molecule has 2 aromatic carbocycles. The monoisotopic (exact) mass is 582 g/mol. The molecule has 0 spiro atoms. The third kappa shape index (κ3) is 6.42. The highest BCUT2D eigenvalue weighted by Crippen LogP contribution is 2.42. The van der Waals surface area contributed by atoms with Crippen LogP contribution in [0.3, 0.4) is 0 Å². The Morgan fingerprint density at radius 3 is 2.54 bits per heavy atom. The molecular formula is C33H43ClN2O5. The number of carbonyl (C=O) groups is 2. The van der Waals surface area contributed by atoms with E-state index in [9.17, 15) is 14.7 Å². The number of piperidine rings is 3. The Balaban J connectivity index is 1.24. The number of hydrogen-bond acceptors (Lipinski definition) is 6. The number of nitrogens with zero attached hydrogens (tertiary/aromatic N) is 2. The molecule has 1 aliphatic carbocycles. The summed E-state index contributed by atoms with van der Waals surface area (Å²) in [6.07, 6.45) is 8.76. The minimum atomic E-state index is -0.566. The van der Waals surface area contributed by atoms with Crippen LogP contribution in [-0.2, 0) is 28.0 Å². The lowest BCUT2D eigenvalue weighted by molar-refractivity contribution is -0.167. The van der Waals surface area contributed by atoms with Gasteiger partial charge >= 0.3 is 5.97 Å². The Morgan fingerprint density at radius 2 is 1.88 bits per heavy atom. The summed E-state index contributed by atoms with van der Waals surface area (Å²) in [6.45, 7) is 3.47. The fraction of sp³-hybridized carbons (Fsp3) is 0.576. The zero-order valence-corrected chi connectivity index (χ0v) is 25.1. The van der Waals surface area contributed by atoms with E-state index in [1.807, 2.05) is 0 Å². The van der Waals surface area contributed by atoms with Crippen LogP contribution in [0.2, 0.25) is 5.02 Å². The van der Waals surface area contributed by atoms with Crippen molar-refractivity contribution in [1.82, 2.24) is 9.80 Å². The Hall–Kier alpha value is -2.61. The van der Waals surface area contributed by atoms with E-state index < -0.39 is 5.41 Å². The van der Waals surface area contributed by atoms with Gasteiger partial charge in [-0.05, 0) is 80.8 Å². The van der Waals surface area contributed by atoms with Gasteiger partial charge in [0.15, 0.2) is 0 Å². The number of esters is 1. The predicted molar refractivity (Wildman–Crippen MR) is 159 cm³/mol. The minimum Gasteiger partial charge on any atom is -0.496 e. The summed E-state index contributed by atoms with van der Waals surface area (Å²) in [6, 6.07) is 11.6. The van der Waals surface area contributed by atoms with Crippen molar-refractivity contribution < 1.29 is 24.2 Å². The molecule has 0 radical (unpaired) electrons. The van der Waals surface area contributed by atoms with Gasteiger partial charge < -0.3 is 19.5 Å². The number of benzene rings is 2. The third-order valence-electron chi connectivity index (χ3n) is 9.51. The number of carbonyl (C=O) groups excluding carboxylic acids is 2. The van der Waals surface area contributed by atoms with E-state index >= 15 is 0 Å². The van der Waals surface area contributed by atoms with E-state index in [-0.39, 0.29) is 24.6 Å². The molecule has 2 aromatic rings. The summed E-state index contributed by atoms with van der Waals surface area (Å²) in [5, 5.41) is 9.81. The average Bonchev–Trinajstić information content (AvgIpc) is 3.01. The first kappa shape index (κ1) is 29.9. The molecule has 1 N–H and O–H groups in total. The maximum absolute atomic E-state index is 13.9. The predicted octanol–water partition coefficient (Wildman–Crippen LogP) is 5.39. The van der Waals surface area contributed by atoms with Crippen LogP contribution in [0, 0.1) is 5.92 Å². The molecule has 4 fully saturated rings. The van der Waals surface area contributed by atoms with Gasteiger partial charge in [0.05, 0.1) is 29.7 Å². The Kier molecular flexibility index (Phi) is 9.57. The van der Waals surface area contributed by atoms with Crippen molar-refractivity contribution in [3.05, 3.63) is 63.7 Å². The maximum Gasteiger partial charge on any atom is 0.316 e. The molecule has 7 nitrogen and oxygen atoms in total. The molecule has 1 saturated carbocycles. The van der Waals surface area contributed by atoms with E-state index in [1.165, 1.54) is 7.11 Å². The van der Waals surface area contributed by atoms with Crippen LogP contribution in [0.15, 0.2) is 36.4 Å². The second-order valence-corrected chi connectivity index (χ2v) is 12.5. The van der Waals surface area contributed by atoms with Gasteiger partial charge in [-0.2, -0.15) is 0 Å². The lowest BCUT2D eigenvalue weighted by Crippen LogP contribution is -2.53. The van der Waals surface area contributed by atoms with Crippen molar-refractivity contribution in [3.8, 4) is 5.75 Å². The molecule has 6 rings (SSSR count). The topological polar surface area (TPSA) is 79.3 Å². The van der Waals surface area contributed by atoms with Gasteiger partial charge in [0, 0.05) is 25.7 Å². The molecule has 41 heavy (non-hydrogen) atoms. The molecule has 8 heteroatoms. The molecule has 4 aliphatic rings. The quantitative estimate of drug-likeness (QED) is 0.379. The van der Waals surface area contributed by atoms with Crippen LogP contribution in [0.25, 0.3) is 0 Å². The van der Waals surface area contributed by atoms with Crippen LogP contribution in [0.1, 0.15) is 78.4 Å². The number of rotatable bonds is 10. The van der Waals surface area contributed by atoms with Crippen LogP contribution < -0.4 is 4.74 Å².